The molecule has 0 bridgehead atoms. The van der Waals surface area contributed by atoms with Crippen LogP contribution in [-0.2, 0) is 0 Å². The van der Waals surface area contributed by atoms with E-state index in [0.717, 1.165) is 32.4 Å². The van der Waals surface area contributed by atoms with E-state index in [9.17, 15) is 13.2 Å². The largest absolute Gasteiger partial charge is 0.401 e. The molecule has 1 saturated heterocycles. The van der Waals surface area contributed by atoms with Gasteiger partial charge in [-0.25, -0.2) is 0 Å². The van der Waals surface area contributed by atoms with Crippen molar-refractivity contribution in [2.75, 3.05) is 19.6 Å². The molecular weight excluding hydrogens is 265 g/mol. The van der Waals surface area contributed by atoms with Crippen LogP contribution in [0.5, 0.6) is 0 Å². The Hall–Kier alpha value is -0.290. The molecule has 0 aromatic carbocycles. The second-order valence-corrected chi connectivity index (χ2v) is 6.48. The summed E-state index contributed by atoms with van der Waals surface area (Å²) in [7, 11) is 0. The molecule has 0 spiro atoms. The average molecular weight is 292 g/mol. The zero-order chi connectivity index (χ0) is 14.6. The lowest BCUT2D eigenvalue weighted by atomic mass is 9.89. The summed E-state index contributed by atoms with van der Waals surface area (Å²) < 4.78 is 37.1. The first-order valence-electron chi connectivity index (χ1n) is 8.02. The summed E-state index contributed by atoms with van der Waals surface area (Å²) in [5.41, 5.74) is 0. The van der Waals surface area contributed by atoms with Gasteiger partial charge in [-0.3, -0.25) is 4.90 Å². The van der Waals surface area contributed by atoms with Crippen LogP contribution in [-0.4, -0.2) is 42.8 Å². The molecule has 1 aliphatic carbocycles. The van der Waals surface area contributed by atoms with Crippen molar-refractivity contribution in [2.24, 2.45) is 5.92 Å². The number of nitrogens with zero attached hydrogens (tertiary/aromatic N) is 1. The van der Waals surface area contributed by atoms with Crippen molar-refractivity contribution >= 4 is 0 Å². The minimum absolute atomic E-state index is 0.00234. The zero-order valence-electron chi connectivity index (χ0n) is 12.4. The van der Waals surface area contributed by atoms with Crippen LogP contribution in [0.1, 0.15) is 51.9 Å². The maximum atomic E-state index is 12.4. The van der Waals surface area contributed by atoms with Crippen LogP contribution in [0.25, 0.3) is 0 Å². The average Bonchev–Trinajstić information content (AvgIpc) is 2.89. The Morgan fingerprint density at radius 1 is 1.15 bits per heavy atom. The van der Waals surface area contributed by atoms with E-state index in [1.807, 2.05) is 0 Å². The van der Waals surface area contributed by atoms with E-state index < -0.39 is 12.7 Å². The van der Waals surface area contributed by atoms with Gasteiger partial charge in [0.1, 0.15) is 0 Å². The van der Waals surface area contributed by atoms with Gasteiger partial charge in [0.25, 0.3) is 0 Å². The molecule has 1 aliphatic heterocycles. The number of nitrogens with one attached hydrogen (secondary N) is 1. The highest BCUT2D eigenvalue weighted by Crippen LogP contribution is 2.30. The van der Waals surface area contributed by atoms with Crippen LogP contribution < -0.4 is 5.32 Å². The van der Waals surface area contributed by atoms with Crippen LogP contribution in [0.3, 0.4) is 0 Å². The lowest BCUT2D eigenvalue weighted by molar-refractivity contribution is -0.127. The number of halogens is 3. The predicted molar refractivity (Wildman–Crippen MR) is 74.7 cm³/mol. The Bertz CT molecular complexity index is 287. The summed E-state index contributed by atoms with van der Waals surface area (Å²) in [4.78, 5) is 2.46. The maximum Gasteiger partial charge on any atom is 0.401 e. The van der Waals surface area contributed by atoms with Crippen LogP contribution >= 0.6 is 0 Å². The lowest BCUT2D eigenvalue weighted by Gasteiger charge is -2.41. The molecular formula is C15H27F3N2. The molecule has 0 radical (unpaired) electrons. The molecule has 2 aliphatic rings. The number of piperidine rings is 1. The lowest BCUT2D eigenvalue weighted by Crippen LogP contribution is -2.53. The molecule has 2 rings (SSSR count). The highest BCUT2D eigenvalue weighted by atomic mass is 19.4. The Labute approximate surface area is 120 Å². The Kier molecular flexibility index (Phi) is 5.73. The summed E-state index contributed by atoms with van der Waals surface area (Å²) in [5.74, 6) is 0.556. The van der Waals surface area contributed by atoms with Crippen LogP contribution in [0.15, 0.2) is 0 Å². The number of hydrogen-bond donors (Lipinski definition) is 1. The van der Waals surface area contributed by atoms with Gasteiger partial charge in [-0.05, 0) is 31.6 Å². The highest BCUT2D eigenvalue weighted by Gasteiger charge is 2.34. The molecule has 1 saturated carbocycles. The summed E-state index contributed by atoms with van der Waals surface area (Å²) in [6, 6.07) is 0.618. The van der Waals surface area contributed by atoms with E-state index in [4.69, 9.17) is 0 Å². The first-order valence-corrected chi connectivity index (χ1v) is 8.02. The molecule has 2 fully saturated rings. The first-order chi connectivity index (χ1) is 9.48. The van der Waals surface area contributed by atoms with E-state index >= 15 is 0 Å². The molecule has 0 aromatic rings. The van der Waals surface area contributed by atoms with Crippen molar-refractivity contribution < 1.29 is 13.2 Å². The molecule has 2 unspecified atom stereocenters. The summed E-state index contributed by atoms with van der Waals surface area (Å²) in [5, 5.41) is 2.74. The van der Waals surface area contributed by atoms with Crippen molar-refractivity contribution in [3.05, 3.63) is 0 Å². The van der Waals surface area contributed by atoms with Gasteiger partial charge < -0.3 is 5.32 Å². The molecule has 0 amide bonds. The second-order valence-electron chi connectivity index (χ2n) is 6.48. The molecule has 0 aromatic heterocycles. The third kappa shape index (κ3) is 4.92. The van der Waals surface area contributed by atoms with Crippen molar-refractivity contribution in [1.82, 2.24) is 10.2 Å². The number of likely N-dealkylation sites (tertiary alicyclic amines) is 1. The minimum Gasteiger partial charge on any atom is -0.305 e. The Morgan fingerprint density at radius 3 is 2.45 bits per heavy atom. The van der Waals surface area contributed by atoms with E-state index in [0.29, 0.717) is 12.0 Å². The highest BCUT2D eigenvalue weighted by molar-refractivity contribution is 4.89. The van der Waals surface area contributed by atoms with Gasteiger partial charge >= 0.3 is 6.18 Å². The maximum absolute atomic E-state index is 12.4. The van der Waals surface area contributed by atoms with E-state index in [2.05, 4.69) is 17.1 Å². The monoisotopic (exact) mass is 292 g/mol. The topological polar surface area (TPSA) is 15.3 Å². The van der Waals surface area contributed by atoms with Crippen molar-refractivity contribution in [3.8, 4) is 0 Å². The van der Waals surface area contributed by atoms with Crippen LogP contribution in [0, 0.1) is 5.92 Å². The molecule has 2 atom stereocenters. The standard InChI is InChI=1S/C15H27F3N2/c1-2-5-12-8-13(19-11-15(16,17)18)10-20(9-12)14-6-3-4-7-14/h12-14,19H,2-11H2,1H3. The fraction of sp³-hybridized carbons (Fsp3) is 1.00. The molecule has 20 heavy (non-hydrogen) atoms. The Balaban J connectivity index is 1.89. The molecule has 5 heteroatoms. The fourth-order valence-corrected chi connectivity index (χ4v) is 3.83. The fourth-order valence-electron chi connectivity index (χ4n) is 3.83. The van der Waals surface area contributed by atoms with Gasteiger partial charge in [0.15, 0.2) is 0 Å². The van der Waals surface area contributed by atoms with Crippen LogP contribution in [0.2, 0.25) is 0 Å². The third-order valence-corrected chi connectivity index (χ3v) is 4.69. The second kappa shape index (κ2) is 7.12. The molecule has 1 heterocycles. The summed E-state index contributed by atoms with van der Waals surface area (Å²) >= 11 is 0. The van der Waals surface area contributed by atoms with Gasteiger partial charge in [-0.15, -0.1) is 0 Å². The number of rotatable bonds is 5. The predicted octanol–water partition coefficient (Wildman–Crippen LogP) is 3.57. The van der Waals surface area contributed by atoms with Crippen molar-refractivity contribution in [3.63, 3.8) is 0 Å². The summed E-state index contributed by atoms with van der Waals surface area (Å²) in [6.07, 6.45) is 4.06. The molecule has 1 N–H and O–H groups in total. The minimum atomic E-state index is -4.10. The molecule has 118 valence electrons. The van der Waals surface area contributed by atoms with E-state index in [1.54, 1.807) is 0 Å². The van der Waals surface area contributed by atoms with Gasteiger partial charge in [-0.1, -0.05) is 26.2 Å². The normalized spacial score (nSPS) is 30.0. The molecule has 2 nitrogen and oxygen atoms in total. The smallest absolute Gasteiger partial charge is 0.305 e. The SMILES string of the molecule is CCCC1CC(NCC(F)(F)F)CN(C2CCCC2)C1. The summed E-state index contributed by atoms with van der Waals surface area (Å²) in [6.45, 7) is 3.19. The van der Waals surface area contributed by atoms with Gasteiger partial charge in [0, 0.05) is 25.2 Å². The number of alkyl halides is 3. The van der Waals surface area contributed by atoms with Gasteiger partial charge in [0.2, 0.25) is 0 Å². The van der Waals surface area contributed by atoms with Crippen molar-refractivity contribution in [1.29, 1.82) is 0 Å². The van der Waals surface area contributed by atoms with E-state index in [-0.39, 0.29) is 6.04 Å². The van der Waals surface area contributed by atoms with Gasteiger partial charge in [-0.2, -0.15) is 13.2 Å². The quantitative estimate of drug-likeness (QED) is 0.833. The first kappa shape index (κ1) is 16.1. The van der Waals surface area contributed by atoms with Gasteiger partial charge in [0.05, 0.1) is 6.54 Å². The van der Waals surface area contributed by atoms with Crippen molar-refractivity contribution in [2.45, 2.75) is 70.1 Å². The Morgan fingerprint density at radius 2 is 1.85 bits per heavy atom. The third-order valence-electron chi connectivity index (χ3n) is 4.69. The number of hydrogen-bond acceptors (Lipinski definition) is 2. The van der Waals surface area contributed by atoms with Crippen LogP contribution in [0.4, 0.5) is 13.2 Å². The van der Waals surface area contributed by atoms with E-state index in [1.165, 1.54) is 25.7 Å². The zero-order valence-corrected chi connectivity index (χ0v) is 12.4.